The summed E-state index contributed by atoms with van der Waals surface area (Å²) in [5.74, 6) is -0.391. The number of aromatic hydroxyl groups is 1. The van der Waals surface area contributed by atoms with Crippen LogP contribution < -0.4 is 0 Å². The molecule has 2 rings (SSSR count). The molecule has 0 aliphatic carbocycles. The molecule has 100 valence electrons. The van der Waals surface area contributed by atoms with Gasteiger partial charge in [-0.25, -0.2) is 4.98 Å². The minimum absolute atomic E-state index is 0.106. The number of aromatic nitrogens is 1. The lowest BCUT2D eigenvalue weighted by atomic mass is 10.1. The first kappa shape index (κ1) is 14.0. The van der Waals surface area contributed by atoms with E-state index < -0.39 is 17.6 Å². The van der Waals surface area contributed by atoms with Gasteiger partial charge < -0.3 is 5.11 Å². The van der Waals surface area contributed by atoms with Crippen LogP contribution in [0.5, 0.6) is 5.75 Å². The second-order valence-electron chi connectivity index (χ2n) is 3.69. The lowest BCUT2D eigenvalue weighted by molar-refractivity contribution is -0.141. The molecule has 19 heavy (non-hydrogen) atoms. The minimum Gasteiger partial charge on any atom is -0.506 e. The summed E-state index contributed by atoms with van der Waals surface area (Å²) in [7, 11) is 0. The topological polar surface area (TPSA) is 33.1 Å². The van der Waals surface area contributed by atoms with Crippen molar-refractivity contribution < 1.29 is 18.3 Å². The molecule has 1 heterocycles. The van der Waals surface area contributed by atoms with Crippen LogP contribution >= 0.6 is 23.2 Å². The number of pyridine rings is 1. The SMILES string of the molecule is Oc1ccc(C(F)(F)F)nc1-c1ccc(Cl)cc1Cl. The number of nitrogens with zero attached hydrogens (tertiary/aromatic N) is 1. The fourth-order valence-electron chi connectivity index (χ4n) is 1.49. The lowest BCUT2D eigenvalue weighted by Gasteiger charge is -2.10. The van der Waals surface area contributed by atoms with E-state index in [9.17, 15) is 18.3 Å². The molecule has 1 N–H and O–H groups in total. The molecular weight excluding hydrogens is 302 g/mol. The molecule has 1 aromatic carbocycles. The summed E-state index contributed by atoms with van der Waals surface area (Å²) in [5, 5.41) is 10.1. The zero-order chi connectivity index (χ0) is 14.2. The van der Waals surface area contributed by atoms with E-state index in [4.69, 9.17) is 23.2 Å². The summed E-state index contributed by atoms with van der Waals surface area (Å²) in [5.41, 5.74) is -1.17. The number of benzene rings is 1. The molecule has 2 nitrogen and oxygen atoms in total. The zero-order valence-corrected chi connectivity index (χ0v) is 10.7. The lowest BCUT2D eigenvalue weighted by Crippen LogP contribution is -2.08. The second-order valence-corrected chi connectivity index (χ2v) is 4.53. The average molecular weight is 308 g/mol. The van der Waals surface area contributed by atoms with Gasteiger partial charge in [-0.05, 0) is 30.3 Å². The van der Waals surface area contributed by atoms with Gasteiger partial charge >= 0.3 is 6.18 Å². The first-order chi connectivity index (χ1) is 8.79. The fraction of sp³-hybridized carbons (Fsp3) is 0.0833. The van der Waals surface area contributed by atoms with E-state index in [1.54, 1.807) is 0 Å². The van der Waals surface area contributed by atoms with Crippen LogP contribution in [0.4, 0.5) is 13.2 Å². The molecule has 2 aromatic rings. The summed E-state index contributed by atoms with van der Waals surface area (Å²) in [6.07, 6.45) is -4.60. The zero-order valence-electron chi connectivity index (χ0n) is 9.17. The Hall–Kier alpha value is -1.46. The third kappa shape index (κ3) is 2.93. The molecular formula is C12H6Cl2F3NO. The Kier molecular flexibility index (Phi) is 3.60. The normalized spacial score (nSPS) is 11.6. The molecule has 0 spiro atoms. The molecule has 0 saturated heterocycles. The van der Waals surface area contributed by atoms with Crippen LogP contribution in [0.25, 0.3) is 11.3 Å². The Balaban J connectivity index is 2.61. The van der Waals surface area contributed by atoms with Gasteiger partial charge in [-0.1, -0.05) is 23.2 Å². The van der Waals surface area contributed by atoms with Crippen LogP contribution in [0.3, 0.4) is 0 Å². The van der Waals surface area contributed by atoms with Crippen molar-refractivity contribution in [3.05, 3.63) is 46.1 Å². The summed E-state index contributed by atoms with van der Waals surface area (Å²) in [6, 6.07) is 5.83. The summed E-state index contributed by atoms with van der Waals surface area (Å²) in [4.78, 5) is 3.40. The van der Waals surface area contributed by atoms with Gasteiger partial charge in [-0.3, -0.25) is 0 Å². The van der Waals surface area contributed by atoms with E-state index in [0.717, 1.165) is 6.07 Å². The summed E-state index contributed by atoms with van der Waals surface area (Å²) in [6.45, 7) is 0. The average Bonchev–Trinajstić information content (AvgIpc) is 2.29. The molecule has 0 atom stereocenters. The predicted octanol–water partition coefficient (Wildman–Crippen LogP) is 4.78. The first-order valence-electron chi connectivity index (χ1n) is 5.01. The van der Waals surface area contributed by atoms with Gasteiger partial charge in [0.1, 0.15) is 17.1 Å². The number of rotatable bonds is 1. The van der Waals surface area contributed by atoms with Gasteiger partial charge in [0.05, 0.1) is 5.02 Å². The van der Waals surface area contributed by atoms with E-state index in [2.05, 4.69) is 4.98 Å². The van der Waals surface area contributed by atoms with Crippen LogP contribution in [0, 0.1) is 0 Å². The van der Waals surface area contributed by atoms with Crippen LogP contribution in [-0.4, -0.2) is 10.1 Å². The Bertz CT molecular complexity index is 629. The standard InChI is InChI=1S/C12H6Cl2F3NO/c13-6-1-2-7(8(14)5-6)11-9(19)3-4-10(18-11)12(15,16)17/h1-5,19H. The highest BCUT2D eigenvalue weighted by Gasteiger charge is 2.33. The van der Waals surface area contributed by atoms with E-state index in [1.807, 2.05) is 0 Å². The van der Waals surface area contributed by atoms with Crippen molar-refractivity contribution in [2.24, 2.45) is 0 Å². The maximum absolute atomic E-state index is 12.6. The van der Waals surface area contributed by atoms with E-state index in [1.165, 1.54) is 18.2 Å². The quantitative estimate of drug-likeness (QED) is 0.822. The van der Waals surface area contributed by atoms with Gasteiger partial charge in [0, 0.05) is 10.6 Å². The van der Waals surface area contributed by atoms with Crippen molar-refractivity contribution in [2.45, 2.75) is 6.18 Å². The third-order valence-corrected chi connectivity index (χ3v) is 2.90. The molecule has 0 unspecified atom stereocenters. The van der Waals surface area contributed by atoms with Gasteiger partial charge in [0.15, 0.2) is 0 Å². The molecule has 0 radical (unpaired) electrons. The smallest absolute Gasteiger partial charge is 0.433 e. The minimum atomic E-state index is -4.60. The van der Waals surface area contributed by atoms with Crippen molar-refractivity contribution in [1.82, 2.24) is 4.98 Å². The number of alkyl halides is 3. The van der Waals surface area contributed by atoms with E-state index in [0.29, 0.717) is 11.1 Å². The molecule has 0 aliphatic heterocycles. The highest BCUT2D eigenvalue weighted by molar-refractivity contribution is 6.36. The van der Waals surface area contributed by atoms with Crippen molar-refractivity contribution in [3.8, 4) is 17.0 Å². The Morgan fingerprint density at radius 2 is 1.74 bits per heavy atom. The monoisotopic (exact) mass is 307 g/mol. The van der Waals surface area contributed by atoms with Gasteiger partial charge in [0.25, 0.3) is 0 Å². The first-order valence-corrected chi connectivity index (χ1v) is 5.77. The molecule has 0 bridgehead atoms. The third-order valence-electron chi connectivity index (χ3n) is 2.35. The maximum Gasteiger partial charge on any atom is 0.433 e. The van der Waals surface area contributed by atoms with Gasteiger partial charge in [-0.15, -0.1) is 0 Å². The second kappa shape index (κ2) is 4.90. The van der Waals surface area contributed by atoms with Crippen LogP contribution in [-0.2, 0) is 6.18 Å². The fourth-order valence-corrected chi connectivity index (χ4v) is 1.99. The Morgan fingerprint density at radius 1 is 1.05 bits per heavy atom. The molecule has 7 heteroatoms. The van der Waals surface area contributed by atoms with Crippen molar-refractivity contribution >= 4 is 23.2 Å². The highest BCUT2D eigenvalue weighted by atomic mass is 35.5. The number of hydrogen-bond acceptors (Lipinski definition) is 2. The highest BCUT2D eigenvalue weighted by Crippen LogP contribution is 2.37. The maximum atomic E-state index is 12.6. The Labute approximate surface area is 116 Å². The van der Waals surface area contributed by atoms with Crippen molar-refractivity contribution in [1.29, 1.82) is 0 Å². The molecule has 0 saturated carbocycles. The number of halogens is 5. The molecule has 0 fully saturated rings. The number of hydrogen-bond donors (Lipinski definition) is 1. The van der Waals surface area contributed by atoms with Crippen LogP contribution in [0.1, 0.15) is 5.69 Å². The molecule has 0 amide bonds. The summed E-state index contributed by atoms with van der Waals surface area (Å²) < 4.78 is 37.7. The van der Waals surface area contributed by atoms with E-state index >= 15 is 0 Å². The molecule has 0 aliphatic rings. The van der Waals surface area contributed by atoms with E-state index in [-0.39, 0.29) is 16.3 Å². The van der Waals surface area contributed by atoms with Crippen LogP contribution in [0.15, 0.2) is 30.3 Å². The van der Waals surface area contributed by atoms with Gasteiger partial charge in [-0.2, -0.15) is 13.2 Å². The van der Waals surface area contributed by atoms with Gasteiger partial charge in [0.2, 0.25) is 0 Å². The molecule has 1 aromatic heterocycles. The van der Waals surface area contributed by atoms with Crippen molar-refractivity contribution in [3.63, 3.8) is 0 Å². The van der Waals surface area contributed by atoms with Crippen molar-refractivity contribution in [2.75, 3.05) is 0 Å². The van der Waals surface area contributed by atoms with Crippen LogP contribution in [0.2, 0.25) is 10.0 Å². The summed E-state index contributed by atoms with van der Waals surface area (Å²) >= 11 is 11.6. The predicted molar refractivity (Wildman–Crippen MR) is 66.4 cm³/mol. The largest absolute Gasteiger partial charge is 0.506 e. The Morgan fingerprint density at radius 3 is 2.32 bits per heavy atom.